The molecule has 1 N–H and O–H groups in total. The first kappa shape index (κ1) is 13.2. The molecule has 0 spiro atoms. The number of nitrogens with zero attached hydrogens (tertiary/aromatic N) is 3. The molecule has 1 saturated heterocycles. The van der Waals surface area contributed by atoms with Crippen molar-refractivity contribution in [3.8, 4) is 11.3 Å². The third kappa shape index (κ3) is 2.13. The van der Waals surface area contributed by atoms with Crippen molar-refractivity contribution in [1.29, 1.82) is 0 Å². The second-order valence-corrected chi connectivity index (χ2v) is 6.02. The minimum Gasteiger partial charge on any atom is -0.481 e. The van der Waals surface area contributed by atoms with Gasteiger partial charge >= 0.3 is 5.97 Å². The second kappa shape index (κ2) is 5.09. The summed E-state index contributed by atoms with van der Waals surface area (Å²) in [6.07, 6.45) is 4.33. The number of hydrogen-bond donors (Lipinski definition) is 1. The van der Waals surface area contributed by atoms with Crippen LogP contribution >= 0.6 is 0 Å². The summed E-state index contributed by atoms with van der Waals surface area (Å²) in [5.41, 5.74) is 1.91. The quantitative estimate of drug-likeness (QED) is 0.941. The molecule has 2 fully saturated rings. The lowest BCUT2D eigenvalue weighted by atomic mass is 10.1. The SMILES string of the molecule is O=C(O)[C@@H]1[C@@H]2CCN(c3nccnc3-c3ccccc3)C[C@@H]21. The molecule has 3 atom stereocenters. The van der Waals surface area contributed by atoms with Gasteiger partial charge in [0.25, 0.3) is 0 Å². The van der Waals surface area contributed by atoms with Gasteiger partial charge in [0.1, 0.15) is 5.69 Å². The van der Waals surface area contributed by atoms with E-state index in [1.807, 2.05) is 30.3 Å². The topological polar surface area (TPSA) is 66.3 Å². The van der Waals surface area contributed by atoms with Crippen molar-refractivity contribution in [3.63, 3.8) is 0 Å². The Bertz CT molecular complexity index is 704. The summed E-state index contributed by atoms with van der Waals surface area (Å²) in [7, 11) is 0. The molecule has 2 heterocycles. The molecule has 0 bridgehead atoms. The fourth-order valence-corrected chi connectivity index (χ4v) is 3.66. The molecule has 0 amide bonds. The predicted octanol–water partition coefficient (Wildman–Crippen LogP) is 2.30. The van der Waals surface area contributed by atoms with E-state index < -0.39 is 5.97 Å². The van der Waals surface area contributed by atoms with Gasteiger partial charge in [0.2, 0.25) is 0 Å². The van der Waals surface area contributed by atoms with Crippen LogP contribution in [0.3, 0.4) is 0 Å². The Morgan fingerprint density at radius 2 is 1.91 bits per heavy atom. The molecular weight excluding hydrogens is 278 g/mol. The van der Waals surface area contributed by atoms with Crippen molar-refractivity contribution >= 4 is 11.8 Å². The zero-order valence-electron chi connectivity index (χ0n) is 12.1. The number of fused-ring (bicyclic) bond motifs is 1. The Hall–Kier alpha value is -2.43. The van der Waals surface area contributed by atoms with E-state index in [2.05, 4.69) is 14.9 Å². The Balaban J connectivity index is 1.63. The number of hydrogen-bond acceptors (Lipinski definition) is 4. The van der Waals surface area contributed by atoms with Gasteiger partial charge in [0.05, 0.1) is 5.92 Å². The predicted molar refractivity (Wildman–Crippen MR) is 82.4 cm³/mol. The number of carboxylic acids is 1. The van der Waals surface area contributed by atoms with Crippen LogP contribution in [0, 0.1) is 17.8 Å². The Morgan fingerprint density at radius 1 is 1.14 bits per heavy atom. The van der Waals surface area contributed by atoms with Crippen molar-refractivity contribution in [2.45, 2.75) is 6.42 Å². The van der Waals surface area contributed by atoms with Crippen LogP contribution < -0.4 is 4.90 Å². The van der Waals surface area contributed by atoms with Crippen LogP contribution in [-0.2, 0) is 4.79 Å². The van der Waals surface area contributed by atoms with Crippen molar-refractivity contribution in [2.24, 2.45) is 17.8 Å². The number of anilines is 1. The summed E-state index contributed by atoms with van der Waals surface area (Å²) in [6, 6.07) is 10.0. The fraction of sp³-hybridized carbons (Fsp3) is 0.353. The van der Waals surface area contributed by atoms with E-state index in [0.717, 1.165) is 36.6 Å². The lowest BCUT2D eigenvalue weighted by Crippen LogP contribution is -2.32. The average Bonchev–Trinajstić information content (AvgIpc) is 3.29. The normalized spacial score (nSPS) is 26.4. The maximum Gasteiger partial charge on any atom is 0.307 e. The second-order valence-electron chi connectivity index (χ2n) is 6.02. The molecule has 4 rings (SSSR count). The number of piperidine rings is 1. The molecule has 0 radical (unpaired) electrons. The van der Waals surface area contributed by atoms with Crippen molar-refractivity contribution in [3.05, 3.63) is 42.7 Å². The third-order valence-corrected chi connectivity index (χ3v) is 4.81. The Morgan fingerprint density at radius 3 is 2.68 bits per heavy atom. The van der Waals surface area contributed by atoms with Gasteiger partial charge in [-0.3, -0.25) is 9.78 Å². The molecule has 1 aromatic heterocycles. The first-order valence-electron chi connectivity index (χ1n) is 7.60. The van der Waals surface area contributed by atoms with Gasteiger partial charge in [-0.2, -0.15) is 0 Å². The van der Waals surface area contributed by atoms with E-state index in [-0.39, 0.29) is 11.8 Å². The van der Waals surface area contributed by atoms with Crippen molar-refractivity contribution in [2.75, 3.05) is 18.0 Å². The lowest BCUT2D eigenvalue weighted by molar-refractivity contribution is -0.139. The minimum atomic E-state index is -0.653. The maximum atomic E-state index is 11.2. The summed E-state index contributed by atoms with van der Waals surface area (Å²) < 4.78 is 0. The largest absolute Gasteiger partial charge is 0.481 e. The molecule has 1 aromatic carbocycles. The number of carboxylic acid groups (broad SMARTS) is 1. The van der Waals surface area contributed by atoms with E-state index in [1.165, 1.54) is 0 Å². The molecule has 1 saturated carbocycles. The van der Waals surface area contributed by atoms with Gasteiger partial charge < -0.3 is 10.0 Å². The molecular formula is C17H17N3O2. The van der Waals surface area contributed by atoms with Crippen LogP contribution in [0.4, 0.5) is 5.82 Å². The molecule has 2 aliphatic rings. The zero-order valence-corrected chi connectivity index (χ0v) is 12.1. The van der Waals surface area contributed by atoms with E-state index >= 15 is 0 Å². The van der Waals surface area contributed by atoms with Gasteiger partial charge in [0.15, 0.2) is 5.82 Å². The van der Waals surface area contributed by atoms with Crippen LogP contribution in [0.15, 0.2) is 42.7 Å². The molecule has 5 nitrogen and oxygen atoms in total. The number of carbonyl (C=O) groups is 1. The van der Waals surface area contributed by atoms with E-state index in [4.69, 9.17) is 0 Å². The lowest BCUT2D eigenvalue weighted by Gasteiger charge is -2.28. The van der Waals surface area contributed by atoms with Crippen LogP contribution in [0.5, 0.6) is 0 Å². The van der Waals surface area contributed by atoms with E-state index in [9.17, 15) is 9.90 Å². The average molecular weight is 295 g/mol. The minimum absolute atomic E-state index is 0.165. The highest BCUT2D eigenvalue weighted by Crippen LogP contribution is 2.52. The number of aliphatic carboxylic acids is 1. The van der Waals surface area contributed by atoms with Crippen molar-refractivity contribution in [1.82, 2.24) is 9.97 Å². The smallest absolute Gasteiger partial charge is 0.307 e. The summed E-state index contributed by atoms with van der Waals surface area (Å²) in [4.78, 5) is 22.4. The maximum absolute atomic E-state index is 11.2. The van der Waals surface area contributed by atoms with Crippen LogP contribution in [0.2, 0.25) is 0 Å². The summed E-state index contributed by atoms with van der Waals surface area (Å²) in [5, 5.41) is 9.23. The Kier molecular flexibility index (Phi) is 3.06. The molecule has 22 heavy (non-hydrogen) atoms. The first-order valence-corrected chi connectivity index (χ1v) is 7.60. The zero-order chi connectivity index (χ0) is 15.1. The van der Waals surface area contributed by atoms with Crippen LogP contribution in [0.25, 0.3) is 11.3 Å². The van der Waals surface area contributed by atoms with Gasteiger partial charge in [0, 0.05) is 31.0 Å². The van der Waals surface area contributed by atoms with Gasteiger partial charge in [-0.15, -0.1) is 0 Å². The van der Waals surface area contributed by atoms with E-state index in [1.54, 1.807) is 12.4 Å². The fourth-order valence-electron chi connectivity index (χ4n) is 3.66. The van der Waals surface area contributed by atoms with Crippen LogP contribution in [-0.4, -0.2) is 34.1 Å². The van der Waals surface area contributed by atoms with Gasteiger partial charge in [-0.05, 0) is 18.3 Å². The number of aromatic nitrogens is 2. The molecule has 112 valence electrons. The molecule has 0 unspecified atom stereocenters. The standard InChI is InChI=1S/C17H17N3O2/c21-17(22)14-12-6-9-20(10-13(12)14)16-15(18-7-8-19-16)11-4-2-1-3-5-11/h1-5,7-8,12-14H,6,9-10H2,(H,21,22)/t12-,13+,14-/m1/s1. The highest BCUT2D eigenvalue weighted by molar-refractivity contribution is 5.76. The molecule has 5 heteroatoms. The van der Waals surface area contributed by atoms with Gasteiger partial charge in [-0.25, -0.2) is 4.98 Å². The first-order chi connectivity index (χ1) is 10.8. The third-order valence-electron chi connectivity index (χ3n) is 4.81. The monoisotopic (exact) mass is 295 g/mol. The molecule has 2 aromatic rings. The summed E-state index contributed by atoms with van der Waals surface area (Å²) in [5.74, 6) is 0.659. The highest BCUT2D eigenvalue weighted by atomic mass is 16.4. The Labute approximate surface area is 128 Å². The van der Waals surface area contributed by atoms with Crippen LogP contribution in [0.1, 0.15) is 6.42 Å². The highest BCUT2D eigenvalue weighted by Gasteiger charge is 2.57. The number of benzene rings is 1. The molecule has 1 aliphatic carbocycles. The molecule has 1 aliphatic heterocycles. The summed E-state index contributed by atoms with van der Waals surface area (Å²) >= 11 is 0. The van der Waals surface area contributed by atoms with Crippen molar-refractivity contribution < 1.29 is 9.90 Å². The van der Waals surface area contributed by atoms with E-state index in [0.29, 0.717) is 5.92 Å². The summed E-state index contributed by atoms with van der Waals surface area (Å²) in [6.45, 7) is 1.61. The van der Waals surface area contributed by atoms with Gasteiger partial charge in [-0.1, -0.05) is 30.3 Å². The number of rotatable bonds is 3.